The van der Waals surface area contributed by atoms with Gasteiger partial charge in [-0.3, -0.25) is 9.59 Å². The summed E-state index contributed by atoms with van der Waals surface area (Å²) >= 11 is 0. The molecule has 24 heavy (non-hydrogen) atoms. The molecule has 1 heterocycles. The van der Waals surface area contributed by atoms with E-state index in [0.717, 1.165) is 18.8 Å². The van der Waals surface area contributed by atoms with E-state index in [0.29, 0.717) is 30.3 Å². The minimum absolute atomic E-state index is 0.0389. The van der Waals surface area contributed by atoms with Gasteiger partial charge in [-0.15, -0.1) is 0 Å². The zero-order valence-electron chi connectivity index (χ0n) is 14.4. The van der Waals surface area contributed by atoms with E-state index in [1.807, 2.05) is 42.3 Å². The fourth-order valence-electron chi connectivity index (χ4n) is 3.48. The van der Waals surface area contributed by atoms with Crippen molar-refractivity contribution in [3.8, 4) is 0 Å². The summed E-state index contributed by atoms with van der Waals surface area (Å²) < 4.78 is 0. The number of carbonyl (C=O) groups excluding carboxylic acids is 2. The lowest BCUT2D eigenvalue weighted by molar-refractivity contribution is -0.125. The molecule has 5 heteroatoms. The molecular formula is C19H25N3O2. The van der Waals surface area contributed by atoms with Crippen LogP contribution in [0.1, 0.15) is 45.4 Å². The Hall–Kier alpha value is -2.17. The Bertz CT molecular complexity index is 633. The Kier molecular flexibility index (Phi) is 4.97. The van der Waals surface area contributed by atoms with E-state index in [-0.39, 0.29) is 11.8 Å². The second-order valence-electron chi connectivity index (χ2n) is 6.92. The summed E-state index contributed by atoms with van der Waals surface area (Å²) in [7, 11) is 1.87. The van der Waals surface area contributed by atoms with E-state index in [1.165, 1.54) is 17.9 Å². The van der Waals surface area contributed by atoms with Gasteiger partial charge >= 0.3 is 0 Å². The third-order valence-corrected chi connectivity index (χ3v) is 5.13. The predicted molar refractivity (Wildman–Crippen MR) is 94.8 cm³/mol. The third-order valence-electron chi connectivity index (χ3n) is 5.13. The number of rotatable bonds is 3. The molecule has 0 spiro atoms. The summed E-state index contributed by atoms with van der Waals surface area (Å²) in [5.74, 6) is 0.651. The molecule has 0 radical (unpaired) electrons. The molecule has 2 aliphatic rings. The fraction of sp³-hybridized carbons (Fsp3) is 0.526. The van der Waals surface area contributed by atoms with Crippen molar-refractivity contribution in [3.05, 3.63) is 30.3 Å². The van der Waals surface area contributed by atoms with Crippen LogP contribution in [0.2, 0.25) is 0 Å². The van der Waals surface area contributed by atoms with Gasteiger partial charge in [0.1, 0.15) is 5.71 Å². The summed E-state index contributed by atoms with van der Waals surface area (Å²) in [6.07, 6.45) is 5.20. The Morgan fingerprint density at radius 2 is 1.79 bits per heavy atom. The predicted octanol–water partition coefficient (Wildman–Crippen LogP) is 3.21. The van der Waals surface area contributed by atoms with E-state index in [9.17, 15) is 9.59 Å². The highest BCUT2D eigenvalue weighted by atomic mass is 16.2. The molecule has 1 aliphatic heterocycles. The molecule has 1 fully saturated rings. The van der Waals surface area contributed by atoms with Gasteiger partial charge in [-0.2, -0.15) is 5.10 Å². The molecule has 0 atom stereocenters. The first-order valence-electron chi connectivity index (χ1n) is 8.79. The van der Waals surface area contributed by atoms with Crippen LogP contribution in [0.3, 0.4) is 0 Å². The van der Waals surface area contributed by atoms with E-state index < -0.39 is 0 Å². The van der Waals surface area contributed by atoms with Crippen LogP contribution in [-0.4, -0.2) is 35.5 Å². The minimum Gasteiger partial charge on any atom is -0.338 e. The van der Waals surface area contributed by atoms with Crippen LogP contribution >= 0.6 is 0 Å². The maximum absolute atomic E-state index is 12.8. The maximum Gasteiger partial charge on any atom is 0.270 e. The highest BCUT2D eigenvalue weighted by Gasteiger charge is 2.31. The van der Waals surface area contributed by atoms with Crippen LogP contribution in [-0.2, 0) is 9.59 Å². The number of para-hydroxylation sites is 1. The first-order valence-corrected chi connectivity index (χ1v) is 8.79. The SMILES string of the molecule is CC1CCC(N(C)C(=O)C2=NN(c3ccccc3)C(=O)CC2)CC1. The van der Waals surface area contributed by atoms with Crippen molar-refractivity contribution >= 4 is 23.2 Å². The molecule has 0 unspecified atom stereocenters. The van der Waals surface area contributed by atoms with Gasteiger partial charge in [0.25, 0.3) is 5.91 Å². The summed E-state index contributed by atoms with van der Waals surface area (Å²) in [4.78, 5) is 26.8. The Labute approximate surface area is 143 Å². The molecule has 5 nitrogen and oxygen atoms in total. The van der Waals surface area contributed by atoms with E-state index in [4.69, 9.17) is 0 Å². The van der Waals surface area contributed by atoms with Crippen LogP contribution < -0.4 is 5.01 Å². The molecule has 0 saturated heterocycles. The van der Waals surface area contributed by atoms with Gasteiger partial charge in [0.15, 0.2) is 0 Å². The van der Waals surface area contributed by atoms with Crippen LogP contribution in [0.15, 0.2) is 35.4 Å². The van der Waals surface area contributed by atoms with Crippen molar-refractivity contribution in [2.24, 2.45) is 11.0 Å². The van der Waals surface area contributed by atoms with Crippen LogP contribution in [0.4, 0.5) is 5.69 Å². The number of nitrogens with zero attached hydrogens (tertiary/aromatic N) is 3. The van der Waals surface area contributed by atoms with E-state index in [2.05, 4.69) is 12.0 Å². The average molecular weight is 327 g/mol. The van der Waals surface area contributed by atoms with E-state index in [1.54, 1.807) is 0 Å². The van der Waals surface area contributed by atoms with Gasteiger partial charge < -0.3 is 4.90 Å². The molecule has 0 N–H and O–H groups in total. The standard InChI is InChI=1S/C19H25N3O2/c1-14-8-10-15(11-9-14)21(2)19(24)17-12-13-18(23)22(20-17)16-6-4-3-5-7-16/h3-7,14-15H,8-13H2,1-2H3. The maximum atomic E-state index is 12.8. The lowest BCUT2D eigenvalue weighted by Gasteiger charge is -2.34. The molecule has 1 aromatic carbocycles. The number of amides is 2. The molecule has 1 saturated carbocycles. The van der Waals surface area contributed by atoms with Crippen molar-refractivity contribution in [2.45, 2.75) is 51.5 Å². The van der Waals surface area contributed by atoms with Crippen molar-refractivity contribution in [3.63, 3.8) is 0 Å². The molecule has 2 amide bonds. The molecule has 0 bridgehead atoms. The van der Waals surface area contributed by atoms with Crippen molar-refractivity contribution in [1.82, 2.24) is 4.90 Å². The Morgan fingerprint density at radius 1 is 1.12 bits per heavy atom. The molecular weight excluding hydrogens is 302 g/mol. The number of hydrazone groups is 1. The van der Waals surface area contributed by atoms with Crippen molar-refractivity contribution in [1.29, 1.82) is 0 Å². The highest BCUT2D eigenvalue weighted by molar-refractivity contribution is 6.40. The van der Waals surface area contributed by atoms with Gasteiger partial charge in [0, 0.05) is 25.9 Å². The normalized spacial score (nSPS) is 24.5. The molecule has 0 aromatic heterocycles. The first kappa shape index (κ1) is 16.7. The Morgan fingerprint density at radius 3 is 2.46 bits per heavy atom. The zero-order chi connectivity index (χ0) is 17.1. The van der Waals surface area contributed by atoms with Gasteiger partial charge in [-0.05, 0) is 43.7 Å². The second-order valence-corrected chi connectivity index (χ2v) is 6.92. The third kappa shape index (κ3) is 3.50. The molecule has 128 valence electrons. The first-order chi connectivity index (χ1) is 11.6. The lowest BCUT2D eigenvalue weighted by atomic mass is 9.86. The average Bonchev–Trinajstić information content (AvgIpc) is 2.62. The minimum atomic E-state index is -0.0631. The topological polar surface area (TPSA) is 53.0 Å². The lowest BCUT2D eigenvalue weighted by Crippen LogP contribution is -2.45. The van der Waals surface area contributed by atoms with Gasteiger partial charge in [0.2, 0.25) is 5.91 Å². The number of hydrogen-bond acceptors (Lipinski definition) is 3. The smallest absolute Gasteiger partial charge is 0.270 e. The number of hydrogen-bond donors (Lipinski definition) is 0. The zero-order valence-corrected chi connectivity index (χ0v) is 14.4. The fourth-order valence-corrected chi connectivity index (χ4v) is 3.48. The van der Waals surface area contributed by atoms with Gasteiger partial charge in [0.05, 0.1) is 5.69 Å². The summed E-state index contributed by atoms with van der Waals surface area (Å²) in [6, 6.07) is 9.58. The largest absolute Gasteiger partial charge is 0.338 e. The molecule has 3 rings (SSSR count). The van der Waals surface area contributed by atoms with Crippen molar-refractivity contribution in [2.75, 3.05) is 12.1 Å². The van der Waals surface area contributed by atoms with E-state index >= 15 is 0 Å². The molecule has 1 aliphatic carbocycles. The van der Waals surface area contributed by atoms with Crippen molar-refractivity contribution < 1.29 is 9.59 Å². The number of benzene rings is 1. The van der Waals surface area contributed by atoms with Crippen LogP contribution in [0.25, 0.3) is 0 Å². The van der Waals surface area contributed by atoms with Crippen LogP contribution in [0.5, 0.6) is 0 Å². The summed E-state index contributed by atoms with van der Waals surface area (Å²) in [5, 5.41) is 5.74. The number of carbonyl (C=O) groups is 2. The Balaban J connectivity index is 1.75. The highest BCUT2D eigenvalue weighted by Crippen LogP contribution is 2.27. The second kappa shape index (κ2) is 7.16. The monoisotopic (exact) mass is 327 g/mol. The summed E-state index contributed by atoms with van der Waals surface area (Å²) in [5.41, 5.74) is 1.20. The quantitative estimate of drug-likeness (QED) is 0.856. The van der Waals surface area contributed by atoms with Gasteiger partial charge in [-0.25, -0.2) is 5.01 Å². The van der Waals surface area contributed by atoms with Gasteiger partial charge in [-0.1, -0.05) is 25.1 Å². The number of anilines is 1. The molecule has 1 aromatic rings. The van der Waals surface area contributed by atoms with Crippen LogP contribution in [0, 0.1) is 5.92 Å². The summed E-state index contributed by atoms with van der Waals surface area (Å²) in [6.45, 7) is 2.27.